The van der Waals surface area contributed by atoms with Gasteiger partial charge in [-0.1, -0.05) is 13.3 Å². The first-order valence-corrected chi connectivity index (χ1v) is 12.2. The topological polar surface area (TPSA) is 132 Å². The van der Waals surface area contributed by atoms with Crippen molar-refractivity contribution in [3.05, 3.63) is 83.0 Å². The highest BCUT2D eigenvalue weighted by molar-refractivity contribution is 5.89. The molecule has 0 radical (unpaired) electrons. The number of fused-ring (bicyclic) bond motifs is 1. The number of hydrogen-bond donors (Lipinski definition) is 5. The number of ether oxygens (including phenoxy) is 1. The number of unbranched alkanes of at least 4 members (excludes halogenated alkanes) is 1. The first kappa shape index (κ1) is 25.9. The van der Waals surface area contributed by atoms with Gasteiger partial charge in [-0.25, -0.2) is 4.79 Å². The molecule has 0 aliphatic carbocycles. The predicted octanol–water partition coefficient (Wildman–Crippen LogP) is 4.62. The Labute approximate surface area is 214 Å². The fourth-order valence-corrected chi connectivity index (χ4v) is 4.37. The van der Waals surface area contributed by atoms with Crippen molar-refractivity contribution in [3.63, 3.8) is 0 Å². The lowest BCUT2D eigenvalue weighted by atomic mass is 10.0. The van der Waals surface area contributed by atoms with Gasteiger partial charge in [0, 0.05) is 23.5 Å². The predicted molar refractivity (Wildman–Crippen MR) is 139 cm³/mol. The van der Waals surface area contributed by atoms with E-state index in [1.54, 1.807) is 36.5 Å². The summed E-state index contributed by atoms with van der Waals surface area (Å²) in [6.07, 6.45) is 3.66. The minimum atomic E-state index is -1.01. The van der Waals surface area contributed by atoms with E-state index in [0.29, 0.717) is 16.5 Å². The molecular weight excluding hydrogens is 474 g/mol. The zero-order valence-electron chi connectivity index (χ0n) is 20.6. The van der Waals surface area contributed by atoms with E-state index in [4.69, 9.17) is 4.74 Å². The number of aromatic hydroxyl groups is 4. The number of aryl methyl sites for hydroxylation is 1. The van der Waals surface area contributed by atoms with Crippen molar-refractivity contribution in [2.24, 2.45) is 0 Å². The van der Waals surface area contributed by atoms with Gasteiger partial charge in [0.05, 0.1) is 23.8 Å². The van der Waals surface area contributed by atoms with E-state index in [9.17, 15) is 30.3 Å². The Morgan fingerprint density at radius 1 is 0.946 bits per heavy atom. The van der Waals surface area contributed by atoms with Gasteiger partial charge in [-0.2, -0.15) is 0 Å². The molecule has 1 heterocycles. The van der Waals surface area contributed by atoms with Crippen molar-refractivity contribution in [2.45, 2.75) is 45.3 Å². The van der Waals surface area contributed by atoms with E-state index in [0.717, 1.165) is 30.3 Å². The first-order valence-electron chi connectivity index (χ1n) is 12.2. The maximum absolute atomic E-state index is 12.2. The average Bonchev–Trinajstić information content (AvgIpc) is 3.19. The minimum absolute atomic E-state index is 0.00876. The highest BCUT2D eigenvalue weighted by Crippen LogP contribution is 2.33. The number of benzene rings is 3. The van der Waals surface area contributed by atoms with Crippen LogP contribution in [0.3, 0.4) is 0 Å². The van der Waals surface area contributed by atoms with Gasteiger partial charge in [0.2, 0.25) is 0 Å². The molecular formula is C29H31NO7. The summed E-state index contributed by atoms with van der Waals surface area (Å²) in [5.74, 6) is -0.507. The highest BCUT2D eigenvalue weighted by Gasteiger charge is 2.18. The van der Waals surface area contributed by atoms with E-state index in [1.807, 2.05) is 4.57 Å². The van der Waals surface area contributed by atoms with Gasteiger partial charge in [0.1, 0.15) is 29.6 Å². The Kier molecular flexibility index (Phi) is 7.89. The molecule has 4 rings (SSSR count). The van der Waals surface area contributed by atoms with Gasteiger partial charge in [-0.05, 0) is 78.6 Å². The molecule has 1 atom stereocenters. The number of hydrogen-bond acceptors (Lipinski definition) is 7. The number of aliphatic hydroxyl groups excluding tert-OH is 1. The summed E-state index contributed by atoms with van der Waals surface area (Å²) in [5, 5.41) is 51.9. The van der Waals surface area contributed by atoms with Crippen LogP contribution in [-0.4, -0.2) is 48.8 Å². The summed E-state index contributed by atoms with van der Waals surface area (Å²) >= 11 is 0. The molecule has 0 fully saturated rings. The molecule has 8 nitrogen and oxygen atoms in total. The molecule has 0 aliphatic heterocycles. The number of aromatic nitrogens is 1. The number of phenolic OH excluding ortho intramolecular Hbond substituents is 4. The lowest BCUT2D eigenvalue weighted by molar-refractivity contribution is 0.0259. The number of carbonyl (C=O) groups excluding carboxylic acids is 1. The van der Waals surface area contributed by atoms with Gasteiger partial charge in [0.15, 0.2) is 0 Å². The minimum Gasteiger partial charge on any atom is -0.508 e. The van der Waals surface area contributed by atoms with Crippen LogP contribution in [0.2, 0.25) is 0 Å². The van der Waals surface area contributed by atoms with E-state index < -0.39 is 12.1 Å². The molecule has 0 amide bonds. The zero-order chi connectivity index (χ0) is 26.5. The Hall–Kier alpha value is -4.17. The van der Waals surface area contributed by atoms with Gasteiger partial charge < -0.3 is 34.8 Å². The summed E-state index contributed by atoms with van der Waals surface area (Å²) < 4.78 is 7.05. The van der Waals surface area contributed by atoms with Crippen LogP contribution in [0, 0.1) is 0 Å². The Morgan fingerprint density at radius 3 is 2.30 bits per heavy atom. The lowest BCUT2D eigenvalue weighted by Gasteiger charge is -2.12. The van der Waals surface area contributed by atoms with Crippen LogP contribution in [0.25, 0.3) is 10.9 Å². The Balaban J connectivity index is 1.52. The second kappa shape index (κ2) is 11.3. The van der Waals surface area contributed by atoms with Crippen molar-refractivity contribution < 1.29 is 35.1 Å². The molecule has 1 aromatic heterocycles. The summed E-state index contributed by atoms with van der Waals surface area (Å²) in [7, 11) is 0. The third-order valence-electron chi connectivity index (χ3n) is 6.32. The second-order valence-corrected chi connectivity index (χ2v) is 9.20. The SMILES string of the molecule is CCCCc1cc(O)c(Cn2cc(CC(O)COC(=O)c3ccc(O)cc3)c3cc(O)ccc32)c(O)c1. The van der Waals surface area contributed by atoms with Crippen LogP contribution in [0.5, 0.6) is 23.0 Å². The molecule has 0 saturated heterocycles. The number of carbonyl (C=O) groups is 1. The largest absolute Gasteiger partial charge is 0.508 e. The van der Waals surface area contributed by atoms with Crippen LogP contribution in [0.15, 0.2) is 60.8 Å². The van der Waals surface area contributed by atoms with Crippen molar-refractivity contribution in [1.82, 2.24) is 4.57 Å². The van der Waals surface area contributed by atoms with Crippen LogP contribution in [0.1, 0.15) is 46.8 Å². The number of aliphatic hydroxyl groups is 1. The average molecular weight is 506 g/mol. The number of rotatable bonds is 10. The molecule has 37 heavy (non-hydrogen) atoms. The number of esters is 1. The highest BCUT2D eigenvalue weighted by atomic mass is 16.5. The van der Waals surface area contributed by atoms with Gasteiger partial charge in [-0.15, -0.1) is 0 Å². The Morgan fingerprint density at radius 2 is 1.62 bits per heavy atom. The van der Waals surface area contributed by atoms with E-state index in [2.05, 4.69) is 6.92 Å². The molecule has 1 unspecified atom stereocenters. The van der Waals surface area contributed by atoms with Gasteiger partial charge >= 0.3 is 5.97 Å². The summed E-state index contributed by atoms with van der Waals surface area (Å²) in [6.45, 7) is 2.02. The van der Waals surface area contributed by atoms with Gasteiger partial charge in [0.25, 0.3) is 0 Å². The molecule has 4 aromatic rings. The lowest BCUT2D eigenvalue weighted by Crippen LogP contribution is -2.21. The monoisotopic (exact) mass is 505 g/mol. The van der Waals surface area contributed by atoms with Crippen molar-refractivity contribution in [3.8, 4) is 23.0 Å². The molecule has 5 N–H and O–H groups in total. The Bertz CT molecular complexity index is 1370. The molecule has 3 aromatic carbocycles. The maximum Gasteiger partial charge on any atom is 0.338 e. The first-order chi connectivity index (χ1) is 17.7. The molecule has 0 spiro atoms. The maximum atomic E-state index is 12.2. The third-order valence-corrected chi connectivity index (χ3v) is 6.32. The van der Waals surface area contributed by atoms with Crippen molar-refractivity contribution >= 4 is 16.9 Å². The number of phenols is 4. The fraction of sp³-hybridized carbons (Fsp3) is 0.276. The van der Waals surface area contributed by atoms with Gasteiger partial charge in [-0.3, -0.25) is 0 Å². The van der Waals surface area contributed by atoms with E-state index >= 15 is 0 Å². The summed E-state index contributed by atoms with van der Waals surface area (Å²) in [6, 6.07) is 13.8. The fourth-order valence-electron chi connectivity index (χ4n) is 4.37. The normalized spacial score (nSPS) is 12.1. The smallest absolute Gasteiger partial charge is 0.338 e. The second-order valence-electron chi connectivity index (χ2n) is 9.20. The zero-order valence-corrected chi connectivity index (χ0v) is 20.6. The third kappa shape index (κ3) is 6.16. The standard InChI is InChI=1S/C29H31NO7/c1-2-3-4-18-11-27(34)25(28(35)12-18)16-30-15-20(24-14-22(32)9-10-26(24)30)13-23(33)17-37-29(36)19-5-7-21(31)8-6-19/h5-12,14-15,23,31-35H,2-4,13,16-17H2,1H3. The molecule has 194 valence electrons. The number of nitrogens with zero attached hydrogens (tertiary/aromatic N) is 1. The quantitative estimate of drug-likeness (QED) is 0.199. The molecule has 0 bridgehead atoms. The van der Waals surface area contributed by atoms with Crippen LogP contribution >= 0.6 is 0 Å². The molecule has 0 saturated carbocycles. The van der Waals surface area contributed by atoms with Crippen molar-refractivity contribution in [1.29, 1.82) is 0 Å². The van der Waals surface area contributed by atoms with E-state index in [1.165, 1.54) is 24.3 Å². The summed E-state index contributed by atoms with van der Waals surface area (Å²) in [5.41, 5.74) is 2.95. The van der Waals surface area contributed by atoms with E-state index in [-0.39, 0.29) is 48.1 Å². The molecule has 8 heteroatoms. The van der Waals surface area contributed by atoms with Crippen molar-refractivity contribution in [2.75, 3.05) is 6.61 Å². The summed E-state index contributed by atoms with van der Waals surface area (Å²) in [4.78, 5) is 12.2. The van der Waals surface area contributed by atoms with Crippen LogP contribution in [-0.2, 0) is 24.1 Å². The van der Waals surface area contributed by atoms with Crippen LogP contribution in [0.4, 0.5) is 0 Å². The van der Waals surface area contributed by atoms with Crippen LogP contribution < -0.4 is 0 Å². The molecule has 0 aliphatic rings.